The van der Waals surface area contributed by atoms with Gasteiger partial charge < -0.3 is 15.8 Å². The first kappa shape index (κ1) is 14.5. The summed E-state index contributed by atoms with van der Waals surface area (Å²) in [6.45, 7) is 3.26. The van der Waals surface area contributed by atoms with Crippen molar-refractivity contribution in [1.82, 2.24) is 5.32 Å². The van der Waals surface area contributed by atoms with E-state index in [0.29, 0.717) is 25.4 Å². The van der Waals surface area contributed by atoms with E-state index in [4.69, 9.17) is 10.5 Å². The highest BCUT2D eigenvalue weighted by atomic mass is 16.5. The molecule has 0 saturated carbocycles. The summed E-state index contributed by atoms with van der Waals surface area (Å²) in [4.78, 5) is 11.6. The number of nitrogens with two attached hydrogens (primary N) is 1. The van der Waals surface area contributed by atoms with E-state index in [9.17, 15) is 4.79 Å². The van der Waals surface area contributed by atoms with E-state index in [1.807, 2.05) is 31.2 Å². The molecule has 100 valence electrons. The molecular weight excluding hydrogens is 228 g/mol. The Morgan fingerprint density at radius 1 is 1.50 bits per heavy atom. The van der Waals surface area contributed by atoms with Gasteiger partial charge in [0.1, 0.15) is 5.75 Å². The second kappa shape index (κ2) is 7.71. The van der Waals surface area contributed by atoms with Crippen LogP contribution in [0.15, 0.2) is 24.3 Å². The predicted molar refractivity (Wildman–Crippen MR) is 72.5 cm³/mol. The molecule has 0 fully saturated rings. The molecule has 4 heteroatoms. The first-order valence-electron chi connectivity index (χ1n) is 6.25. The average Bonchev–Trinajstić information content (AvgIpc) is 2.42. The molecule has 1 aromatic rings. The van der Waals surface area contributed by atoms with Crippen LogP contribution in [0.25, 0.3) is 0 Å². The van der Waals surface area contributed by atoms with Crippen molar-refractivity contribution in [3.8, 4) is 5.75 Å². The van der Waals surface area contributed by atoms with Gasteiger partial charge in [0.05, 0.1) is 7.11 Å². The van der Waals surface area contributed by atoms with Gasteiger partial charge in [-0.3, -0.25) is 4.79 Å². The molecule has 0 aromatic heterocycles. The number of carbonyl (C=O) groups excluding carboxylic acids is 1. The zero-order valence-electron chi connectivity index (χ0n) is 11.1. The van der Waals surface area contributed by atoms with Crippen LogP contribution in [0, 0.1) is 5.92 Å². The molecule has 0 aliphatic rings. The Hall–Kier alpha value is -1.55. The molecule has 0 aliphatic heterocycles. The Bertz CT molecular complexity index is 380. The second-order valence-corrected chi connectivity index (χ2v) is 4.50. The highest BCUT2D eigenvalue weighted by Gasteiger charge is 2.05. The van der Waals surface area contributed by atoms with Crippen molar-refractivity contribution in [2.24, 2.45) is 11.7 Å². The minimum Gasteiger partial charge on any atom is -0.497 e. The summed E-state index contributed by atoms with van der Waals surface area (Å²) < 4.78 is 5.14. The number of benzene rings is 1. The number of aryl methyl sites for hydroxylation is 1. The summed E-state index contributed by atoms with van der Waals surface area (Å²) in [5, 5.41) is 2.88. The maximum absolute atomic E-state index is 11.6. The third kappa shape index (κ3) is 5.19. The zero-order chi connectivity index (χ0) is 13.4. The van der Waals surface area contributed by atoms with E-state index in [2.05, 4.69) is 5.32 Å². The van der Waals surface area contributed by atoms with Gasteiger partial charge in [0.15, 0.2) is 0 Å². The highest BCUT2D eigenvalue weighted by Crippen LogP contribution is 2.13. The number of hydrogen-bond donors (Lipinski definition) is 2. The minimum absolute atomic E-state index is 0.0677. The van der Waals surface area contributed by atoms with Crippen molar-refractivity contribution in [2.45, 2.75) is 19.8 Å². The number of carbonyl (C=O) groups is 1. The molecule has 0 radical (unpaired) electrons. The smallest absolute Gasteiger partial charge is 0.220 e. The topological polar surface area (TPSA) is 64.3 Å². The van der Waals surface area contributed by atoms with Crippen LogP contribution in [0.3, 0.4) is 0 Å². The van der Waals surface area contributed by atoms with Crippen molar-refractivity contribution in [1.29, 1.82) is 0 Å². The van der Waals surface area contributed by atoms with E-state index in [0.717, 1.165) is 17.7 Å². The van der Waals surface area contributed by atoms with Crippen molar-refractivity contribution in [2.75, 3.05) is 20.2 Å². The summed E-state index contributed by atoms with van der Waals surface area (Å²) in [6.07, 6.45) is 1.21. The van der Waals surface area contributed by atoms with Gasteiger partial charge in [-0.25, -0.2) is 0 Å². The molecule has 18 heavy (non-hydrogen) atoms. The molecule has 1 rings (SSSR count). The largest absolute Gasteiger partial charge is 0.497 e. The van der Waals surface area contributed by atoms with Crippen LogP contribution in [0.5, 0.6) is 5.75 Å². The quantitative estimate of drug-likeness (QED) is 0.767. The molecule has 0 aliphatic carbocycles. The van der Waals surface area contributed by atoms with Crippen molar-refractivity contribution in [3.05, 3.63) is 29.8 Å². The first-order valence-corrected chi connectivity index (χ1v) is 6.25. The van der Waals surface area contributed by atoms with E-state index in [1.54, 1.807) is 7.11 Å². The number of ether oxygens (including phenoxy) is 1. The Morgan fingerprint density at radius 3 is 2.94 bits per heavy atom. The second-order valence-electron chi connectivity index (χ2n) is 4.50. The first-order chi connectivity index (χ1) is 8.65. The Morgan fingerprint density at radius 2 is 2.28 bits per heavy atom. The average molecular weight is 250 g/mol. The fourth-order valence-corrected chi connectivity index (χ4v) is 1.55. The van der Waals surface area contributed by atoms with Crippen molar-refractivity contribution >= 4 is 5.91 Å². The number of hydrogen-bond acceptors (Lipinski definition) is 3. The van der Waals surface area contributed by atoms with E-state index >= 15 is 0 Å². The Balaban J connectivity index is 2.33. The predicted octanol–water partition coefficient (Wildman–Crippen LogP) is 1.34. The third-order valence-electron chi connectivity index (χ3n) is 2.82. The van der Waals surface area contributed by atoms with Crippen LogP contribution in [0.2, 0.25) is 0 Å². The molecule has 3 N–H and O–H groups in total. The van der Waals surface area contributed by atoms with Gasteiger partial charge >= 0.3 is 0 Å². The summed E-state index contributed by atoms with van der Waals surface area (Å²) in [5.74, 6) is 1.22. The fraction of sp³-hybridized carbons (Fsp3) is 0.500. The highest BCUT2D eigenvalue weighted by molar-refractivity contribution is 5.76. The van der Waals surface area contributed by atoms with Gasteiger partial charge in [0, 0.05) is 13.0 Å². The molecule has 1 unspecified atom stereocenters. The number of methoxy groups -OCH3 is 1. The van der Waals surface area contributed by atoms with Gasteiger partial charge in [0.25, 0.3) is 0 Å². The van der Waals surface area contributed by atoms with E-state index < -0.39 is 0 Å². The van der Waals surface area contributed by atoms with Crippen LogP contribution in [0.4, 0.5) is 0 Å². The number of amides is 1. The normalized spacial score (nSPS) is 11.9. The lowest BCUT2D eigenvalue weighted by atomic mass is 10.1. The van der Waals surface area contributed by atoms with Gasteiger partial charge in [-0.2, -0.15) is 0 Å². The van der Waals surface area contributed by atoms with Gasteiger partial charge in [-0.05, 0) is 36.6 Å². The zero-order valence-corrected chi connectivity index (χ0v) is 11.1. The molecule has 1 aromatic carbocycles. The molecule has 1 atom stereocenters. The molecule has 0 heterocycles. The summed E-state index contributed by atoms with van der Waals surface area (Å²) >= 11 is 0. The van der Waals surface area contributed by atoms with Crippen molar-refractivity contribution < 1.29 is 9.53 Å². The van der Waals surface area contributed by atoms with Crippen LogP contribution in [0.1, 0.15) is 18.9 Å². The maximum Gasteiger partial charge on any atom is 0.220 e. The number of nitrogens with one attached hydrogen (secondary N) is 1. The van der Waals surface area contributed by atoms with Crippen LogP contribution in [-0.4, -0.2) is 26.1 Å². The molecule has 0 spiro atoms. The standard InChI is InChI=1S/C14H22N2O2/c1-11(9-15)10-16-14(17)7-6-12-4-3-5-13(8-12)18-2/h3-5,8,11H,6-7,9-10,15H2,1-2H3,(H,16,17). The monoisotopic (exact) mass is 250 g/mol. The molecule has 0 bridgehead atoms. The van der Waals surface area contributed by atoms with Gasteiger partial charge in [0.2, 0.25) is 5.91 Å². The van der Waals surface area contributed by atoms with Gasteiger partial charge in [-0.15, -0.1) is 0 Å². The summed E-state index contributed by atoms with van der Waals surface area (Å²) in [6, 6.07) is 7.78. The number of rotatable bonds is 7. The van der Waals surface area contributed by atoms with Crippen molar-refractivity contribution in [3.63, 3.8) is 0 Å². The fourth-order valence-electron chi connectivity index (χ4n) is 1.55. The van der Waals surface area contributed by atoms with E-state index in [1.165, 1.54) is 0 Å². The van der Waals surface area contributed by atoms with Crippen LogP contribution < -0.4 is 15.8 Å². The summed E-state index contributed by atoms with van der Waals surface area (Å²) in [5.41, 5.74) is 6.60. The van der Waals surface area contributed by atoms with Crippen LogP contribution >= 0.6 is 0 Å². The lowest BCUT2D eigenvalue weighted by Gasteiger charge is -2.10. The Kier molecular flexibility index (Phi) is 6.22. The molecule has 4 nitrogen and oxygen atoms in total. The molecular formula is C14H22N2O2. The third-order valence-corrected chi connectivity index (χ3v) is 2.82. The lowest BCUT2D eigenvalue weighted by molar-refractivity contribution is -0.121. The minimum atomic E-state index is 0.0677. The van der Waals surface area contributed by atoms with E-state index in [-0.39, 0.29) is 5.91 Å². The van der Waals surface area contributed by atoms with Gasteiger partial charge in [-0.1, -0.05) is 19.1 Å². The summed E-state index contributed by atoms with van der Waals surface area (Å²) in [7, 11) is 1.64. The lowest BCUT2D eigenvalue weighted by Crippen LogP contribution is -2.31. The molecule has 0 saturated heterocycles. The Labute approximate surface area is 109 Å². The SMILES string of the molecule is COc1cccc(CCC(=O)NCC(C)CN)c1. The molecule has 1 amide bonds. The van der Waals surface area contributed by atoms with Crippen LogP contribution in [-0.2, 0) is 11.2 Å². The maximum atomic E-state index is 11.6.